The molecule has 0 amide bonds. The Morgan fingerprint density at radius 2 is 2.15 bits per heavy atom. The van der Waals surface area contributed by atoms with Crippen molar-refractivity contribution in [2.24, 2.45) is 0 Å². The molecule has 0 saturated carbocycles. The second kappa shape index (κ2) is 4.26. The molecule has 1 rings (SSSR count). The molecule has 1 N–H and O–H groups in total. The number of rotatable bonds is 3. The van der Waals surface area contributed by atoms with Gasteiger partial charge in [0.25, 0.3) is 0 Å². The molecule has 0 fully saturated rings. The predicted octanol–water partition coefficient (Wildman–Crippen LogP) is 3.51. The van der Waals surface area contributed by atoms with Gasteiger partial charge in [-0.2, -0.15) is 0 Å². The minimum atomic E-state index is -1.04. The van der Waals surface area contributed by atoms with Crippen LogP contribution in [0.1, 0.15) is 37.1 Å². The molecule has 0 heterocycles. The van der Waals surface area contributed by atoms with E-state index in [1.165, 1.54) is 0 Å². The summed E-state index contributed by atoms with van der Waals surface area (Å²) in [6.07, 6.45) is 0.219. The van der Waals surface area contributed by atoms with E-state index in [1.54, 1.807) is 12.1 Å². The fourth-order valence-corrected chi connectivity index (χ4v) is 1.33. The number of hydrogen-bond acceptors (Lipinski definition) is 1. The lowest BCUT2D eigenvalue weighted by molar-refractivity contribution is 0.309. The summed E-state index contributed by atoms with van der Waals surface area (Å²) >= 11 is 0. The second-order valence-electron chi connectivity index (χ2n) is 3.32. The van der Waals surface area contributed by atoms with E-state index in [0.29, 0.717) is 12.0 Å². The summed E-state index contributed by atoms with van der Waals surface area (Å²) < 4.78 is 13.4. The van der Waals surface area contributed by atoms with Crippen LogP contribution in [0.5, 0.6) is 5.75 Å². The van der Waals surface area contributed by atoms with E-state index < -0.39 is 6.17 Å². The van der Waals surface area contributed by atoms with Gasteiger partial charge in [0.2, 0.25) is 0 Å². The van der Waals surface area contributed by atoms with E-state index in [9.17, 15) is 9.50 Å². The second-order valence-corrected chi connectivity index (χ2v) is 3.32. The fourth-order valence-electron chi connectivity index (χ4n) is 1.33. The fraction of sp³-hybridized carbons (Fsp3) is 0.455. The molecule has 1 nitrogen and oxygen atoms in total. The molecule has 0 spiro atoms. The summed E-state index contributed by atoms with van der Waals surface area (Å²) in [6.45, 7) is 3.80. The first-order chi connectivity index (χ1) is 6.15. The average Bonchev–Trinajstić information content (AvgIpc) is 2.04. The van der Waals surface area contributed by atoms with Gasteiger partial charge < -0.3 is 5.11 Å². The molecule has 0 aliphatic heterocycles. The normalized spacial score (nSPS) is 12.8. The van der Waals surface area contributed by atoms with Crippen molar-refractivity contribution < 1.29 is 9.50 Å². The quantitative estimate of drug-likeness (QED) is 0.758. The number of alkyl halides is 1. The molecule has 1 aromatic carbocycles. The first-order valence-corrected chi connectivity index (χ1v) is 4.58. The van der Waals surface area contributed by atoms with Crippen molar-refractivity contribution >= 4 is 0 Å². The van der Waals surface area contributed by atoms with Gasteiger partial charge in [-0.1, -0.05) is 25.5 Å². The summed E-state index contributed by atoms with van der Waals surface area (Å²) in [6, 6.07) is 5.07. The topological polar surface area (TPSA) is 20.2 Å². The van der Waals surface area contributed by atoms with Gasteiger partial charge in [-0.25, -0.2) is 4.39 Å². The minimum absolute atomic E-state index is 0.0703. The summed E-state index contributed by atoms with van der Waals surface area (Å²) in [4.78, 5) is 0. The highest BCUT2D eigenvalue weighted by Crippen LogP contribution is 2.30. The molecule has 72 valence electrons. The van der Waals surface area contributed by atoms with Crippen LogP contribution >= 0.6 is 0 Å². The molecule has 0 bridgehead atoms. The van der Waals surface area contributed by atoms with Crippen molar-refractivity contribution in [3.05, 3.63) is 29.3 Å². The van der Waals surface area contributed by atoms with Gasteiger partial charge in [0.1, 0.15) is 11.9 Å². The van der Waals surface area contributed by atoms with Crippen molar-refractivity contribution in [1.29, 1.82) is 0 Å². The highest BCUT2D eigenvalue weighted by atomic mass is 19.1. The molecule has 0 saturated heterocycles. The molecule has 2 heteroatoms. The number of benzene rings is 1. The third kappa shape index (κ3) is 2.44. The van der Waals surface area contributed by atoms with E-state index in [4.69, 9.17) is 0 Å². The summed E-state index contributed by atoms with van der Waals surface area (Å²) in [5.74, 6) is 0.0703. The van der Waals surface area contributed by atoms with E-state index >= 15 is 0 Å². The maximum Gasteiger partial charge on any atom is 0.129 e. The van der Waals surface area contributed by atoms with Crippen LogP contribution in [0.2, 0.25) is 0 Å². The van der Waals surface area contributed by atoms with Crippen molar-refractivity contribution in [2.45, 2.75) is 32.9 Å². The molecule has 0 aliphatic carbocycles. The van der Waals surface area contributed by atoms with Crippen molar-refractivity contribution in [2.75, 3.05) is 0 Å². The Kier molecular flexibility index (Phi) is 3.29. The van der Waals surface area contributed by atoms with Crippen LogP contribution in [0.15, 0.2) is 18.2 Å². The van der Waals surface area contributed by atoms with Crippen LogP contribution in [0, 0.1) is 6.92 Å². The number of phenolic OH excluding ortho intramolecular Hbond substituents is 1. The number of aromatic hydroxyl groups is 1. The average molecular weight is 182 g/mol. The Morgan fingerprint density at radius 3 is 2.69 bits per heavy atom. The number of aryl methyl sites for hydroxylation is 1. The Hall–Kier alpha value is -1.05. The zero-order chi connectivity index (χ0) is 9.84. The van der Waals surface area contributed by atoms with Gasteiger partial charge in [-0.3, -0.25) is 0 Å². The molecule has 1 atom stereocenters. The number of hydrogen-bond donors (Lipinski definition) is 1. The molecule has 0 aromatic heterocycles. The lowest BCUT2D eigenvalue weighted by Gasteiger charge is -2.09. The highest BCUT2D eigenvalue weighted by Gasteiger charge is 2.12. The minimum Gasteiger partial charge on any atom is -0.508 e. The van der Waals surface area contributed by atoms with E-state index in [-0.39, 0.29) is 5.75 Å². The SMILES string of the molecule is CCCC(F)c1ccc(C)cc1O. The predicted molar refractivity (Wildman–Crippen MR) is 51.6 cm³/mol. The molecule has 0 radical (unpaired) electrons. The summed E-state index contributed by atoms with van der Waals surface area (Å²) in [5, 5.41) is 9.45. The van der Waals surface area contributed by atoms with E-state index in [1.807, 2.05) is 19.9 Å². The molecule has 13 heavy (non-hydrogen) atoms. The van der Waals surface area contributed by atoms with Gasteiger partial charge in [-0.05, 0) is 25.0 Å². The largest absolute Gasteiger partial charge is 0.508 e. The third-order valence-corrected chi connectivity index (χ3v) is 2.07. The van der Waals surface area contributed by atoms with Crippen LogP contribution in [0.3, 0.4) is 0 Å². The lowest BCUT2D eigenvalue weighted by Crippen LogP contribution is -1.92. The zero-order valence-electron chi connectivity index (χ0n) is 8.05. The molecule has 1 unspecified atom stereocenters. The van der Waals surface area contributed by atoms with Crippen molar-refractivity contribution in [3.8, 4) is 5.75 Å². The molecule has 0 aliphatic rings. The molecular formula is C11H15FO. The van der Waals surface area contributed by atoms with Crippen molar-refractivity contribution in [1.82, 2.24) is 0 Å². The Morgan fingerprint density at radius 1 is 1.46 bits per heavy atom. The Balaban J connectivity index is 2.88. The van der Waals surface area contributed by atoms with Crippen molar-refractivity contribution in [3.63, 3.8) is 0 Å². The summed E-state index contributed by atoms with van der Waals surface area (Å²) in [5.41, 5.74) is 1.36. The van der Waals surface area contributed by atoms with E-state index in [2.05, 4.69) is 0 Å². The third-order valence-electron chi connectivity index (χ3n) is 2.07. The van der Waals surface area contributed by atoms with Crippen LogP contribution in [0.25, 0.3) is 0 Å². The maximum atomic E-state index is 13.4. The Bertz CT molecular complexity index is 283. The maximum absolute atomic E-state index is 13.4. The first kappa shape index (κ1) is 10.0. The number of phenols is 1. The number of halogens is 1. The van der Waals surface area contributed by atoms with Gasteiger partial charge >= 0.3 is 0 Å². The van der Waals surface area contributed by atoms with Gasteiger partial charge in [0.05, 0.1) is 0 Å². The Labute approximate surface area is 78.2 Å². The smallest absolute Gasteiger partial charge is 0.129 e. The van der Waals surface area contributed by atoms with Crippen LogP contribution in [-0.4, -0.2) is 5.11 Å². The molecule has 1 aromatic rings. The van der Waals surface area contributed by atoms with Gasteiger partial charge in [0, 0.05) is 5.56 Å². The standard InChI is InChI=1S/C11H15FO/c1-3-4-10(12)9-6-5-8(2)7-11(9)13/h5-7,10,13H,3-4H2,1-2H3. The van der Waals surface area contributed by atoms with Crippen LogP contribution in [0.4, 0.5) is 4.39 Å². The van der Waals surface area contributed by atoms with E-state index in [0.717, 1.165) is 12.0 Å². The molecular weight excluding hydrogens is 167 g/mol. The van der Waals surface area contributed by atoms with Crippen LogP contribution < -0.4 is 0 Å². The summed E-state index contributed by atoms with van der Waals surface area (Å²) in [7, 11) is 0. The van der Waals surface area contributed by atoms with Gasteiger partial charge in [0.15, 0.2) is 0 Å². The lowest BCUT2D eigenvalue weighted by atomic mass is 10.0. The highest BCUT2D eigenvalue weighted by molar-refractivity contribution is 5.37. The van der Waals surface area contributed by atoms with Gasteiger partial charge in [-0.15, -0.1) is 0 Å². The monoisotopic (exact) mass is 182 g/mol. The van der Waals surface area contributed by atoms with Crippen LogP contribution in [-0.2, 0) is 0 Å². The zero-order valence-corrected chi connectivity index (χ0v) is 8.05. The first-order valence-electron chi connectivity index (χ1n) is 4.58.